The quantitative estimate of drug-likeness (QED) is 0.833. The molecule has 1 atom stereocenters. The second-order valence-electron chi connectivity index (χ2n) is 4.82. The van der Waals surface area contributed by atoms with Crippen LogP contribution in [0.5, 0.6) is 5.75 Å². The monoisotopic (exact) mass is 324 g/mol. The first-order valence-electron chi connectivity index (χ1n) is 6.29. The molecule has 0 bridgehead atoms. The molecule has 1 aliphatic rings. The molecule has 0 spiro atoms. The van der Waals surface area contributed by atoms with Gasteiger partial charge in [0, 0.05) is 12.6 Å². The van der Waals surface area contributed by atoms with Crippen LogP contribution in [0.1, 0.15) is 12.8 Å². The van der Waals surface area contributed by atoms with Crippen LogP contribution >= 0.6 is 0 Å². The summed E-state index contributed by atoms with van der Waals surface area (Å²) < 4.78 is 66.4. The third-order valence-corrected chi connectivity index (χ3v) is 4.62. The number of hydrogen-bond donors (Lipinski definition) is 2. The molecule has 0 amide bonds. The Labute approximate surface area is 120 Å². The second kappa shape index (κ2) is 5.82. The molecular weight excluding hydrogens is 309 g/mol. The SMILES string of the molecule is NCC(NS(=O)(=O)c1ccc(OC(F)(F)F)cc1)C1CC1. The first kappa shape index (κ1) is 16.1. The van der Waals surface area contributed by atoms with Gasteiger partial charge in [-0.2, -0.15) is 0 Å². The van der Waals surface area contributed by atoms with Crippen molar-refractivity contribution in [3.05, 3.63) is 24.3 Å². The van der Waals surface area contributed by atoms with Crippen molar-refractivity contribution in [3.63, 3.8) is 0 Å². The Bertz CT molecular complexity index is 583. The maximum atomic E-state index is 12.1. The highest BCUT2D eigenvalue weighted by Crippen LogP contribution is 2.33. The number of benzene rings is 1. The van der Waals surface area contributed by atoms with Crippen LogP contribution in [-0.4, -0.2) is 27.4 Å². The summed E-state index contributed by atoms with van der Waals surface area (Å²) in [6.07, 6.45) is -2.97. The number of ether oxygens (including phenoxy) is 1. The number of sulfonamides is 1. The van der Waals surface area contributed by atoms with E-state index in [4.69, 9.17) is 5.73 Å². The van der Waals surface area contributed by atoms with E-state index < -0.39 is 22.1 Å². The molecule has 0 aliphatic heterocycles. The largest absolute Gasteiger partial charge is 0.573 e. The van der Waals surface area contributed by atoms with Crippen LogP contribution in [0.25, 0.3) is 0 Å². The van der Waals surface area contributed by atoms with Gasteiger partial charge in [0.1, 0.15) is 5.75 Å². The summed E-state index contributed by atoms with van der Waals surface area (Å²) in [4.78, 5) is -0.129. The highest BCUT2D eigenvalue weighted by molar-refractivity contribution is 7.89. The number of alkyl halides is 3. The topological polar surface area (TPSA) is 81.4 Å². The van der Waals surface area contributed by atoms with Gasteiger partial charge in [-0.1, -0.05) is 0 Å². The van der Waals surface area contributed by atoms with Gasteiger partial charge < -0.3 is 10.5 Å². The minimum absolute atomic E-state index is 0.129. The first-order chi connectivity index (χ1) is 9.71. The van der Waals surface area contributed by atoms with E-state index >= 15 is 0 Å². The third-order valence-electron chi connectivity index (χ3n) is 3.12. The lowest BCUT2D eigenvalue weighted by atomic mass is 10.2. The van der Waals surface area contributed by atoms with Gasteiger partial charge in [0.05, 0.1) is 4.90 Å². The van der Waals surface area contributed by atoms with Crippen molar-refractivity contribution in [2.24, 2.45) is 11.7 Å². The lowest BCUT2D eigenvalue weighted by molar-refractivity contribution is -0.274. The maximum absolute atomic E-state index is 12.1. The molecule has 5 nitrogen and oxygen atoms in total. The first-order valence-corrected chi connectivity index (χ1v) is 7.78. The molecule has 3 N–H and O–H groups in total. The fourth-order valence-corrected chi connectivity index (χ4v) is 3.24. The van der Waals surface area contributed by atoms with Gasteiger partial charge in [-0.05, 0) is 43.0 Å². The second-order valence-corrected chi connectivity index (χ2v) is 6.53. The van der Waals surface area contributed by atoms with E-state index in [0.717, 1.165) is 37.1 Å². The molecule has 0 aromatic heterocycles. The molecule has 1 fully saturated rings. The van der Waals surface area contributed by atoms with E-state index in [9.17, 15) is 21.6 Å². The highest BCUT2D eigenvalue weighted by Gasteiger charge is 2.34. The van der Waals surface area contributed by atoms with E-state index in [0.29, 0.717) is 0 Å². The molecule has 1 saturated carbocycles. The lowest BCUT2D eigenvalue weighted by Gasteiger charge is -2.16. The minimum atomic E-state index is -4.81. The van der Waals surface area contributed by atoms with Crippen LogP contribution in [0, 0.1) is 5.92 Å². The van der Waals surface area contributed by atoms with E-state index in [1.54, 1.807) is 0 Å². The van der Waals surface area contributed by atoms with Crippen molar-refractivity contribution < 1.29 is 26.3 Å². The lowest BCUT2D eigenvalue weighted by Crippen LogP contribution is -2.41. The Morgan fingerprint density at radius 3 is 2.29 bits per heavy atom. The molecule has 0 radical (unpaired) electrons. The standard InChI is InChI=1S/C12H15F3N2O3S/c13-12(14,15)20-9-3-5-10(6-4-9)21(18,19)17-11(7-16)8-1-2-8/h3-6,8,11,17H,1-2,7,16H2. The summed E-state index contributed by atoms with van der Waals surface area (Å²) >= 11 is 0. The van der Waals surface area contributed by atoms with Gasteiger partial charge >= 0.3 is 6.36 Å². The molecule has 0 saturated heterocycles. The average molecular weight is 324 g/mol. The van der Waals surface area contributed by atoms with Crippen molar-refractivity contribution in [3.8, 4) is 5.75 Å². The number of halogens is 3. The zero-order chi connectivity index (χ0) is 15.7. The molecule has 0 heterocycles. The Balaban J connectivity index is 2.09. The maximum Gasteiger partial charge on any atom is 0.573 e. The van der Waals surface area contributed by atoms with Crippen LogP contribution < -0.4 is 15.2 Å². The number of rotatable bonds is 6. The van der Waals surface area contributed by atoms with Crippen molar-refractivity contribution >= 4 is 10.0 Å². The van der Waals surface area contributed by atoms with E-state index in [1.165, 1.54) is 0 Å². The van der Waals surface area contributed by atoms with Crippen LogP contribution in [0.2, 0.25) is 0 Å². The zero-order valence-electron chi connectivity index (χ0n) is 10.9. The van der Waals surface area contributed by atoms with Crippen molar-refractivity contribution in [1.82, 2.24) is 4.72 Å². The molecule has 1 aromatic carbocycles. The van der Waals surface area contributed by atoms with Crippen molar-refractivity contribution in [2.75, 3.05) is 6.54 Å². The smallest absolute Gasteiger partial charge is 0.406 e. The molecule has 2 rings (SSSR count). The summed E-state index contributed by atoms with van der Waals surface area (Å²) in [7, 11) is -3.80. The van der Waals surface area contributed by atoms with Gasteiger partial charge in [-0.25, -0.2) is 13.1 Å². The molecule has 21 heavy (non-hydrogen) atoms. The van der Waals surface area contributed by atoms with Gasteiger partial charge in [0.2, 0.25) is 10.0 Å². The fraction of sp³-hybridized carbons (Fsp3) is 0.500. The molecule has 9 heteroatoms. The van der Waals surface area contributed by atoms with Gasteiger partial charge in [-0.15, -0.1) is 13.2 Å². The third kappa shape index (κ3) is 4.58. The predicted octanol–water partition coefficient (Wildman–Crippen LogP) is 1.60. The van der Waals surface area contributed by atoms with E-state index in [-0.39, 0.29) is 23.4 Å². The summed E-state index contributed by atoms with van der Waals surface area (Å²) in [6.45, 7) is 0.180. The van der Waals surface area contributed by atoms with E-state index in [2.05, 4.69) is 9.46 Å². The number of nitrogens with one attached hydrogen (secondary N) is 1. The van der Waals surface area contributed by atoms with Crippen molar-refractivity contribution in [1.29, 1.82) is 0 Å². The normalized spacial score (nSPS) is 17.5. The minimum Gasteiger partial charge on any atom is -0.406 e. The van der Waals surface area contributed by atoms with Crippen molar-refractivity contribution in [2.45, 2.75) is 30.1 Å². The summed E-state index contributed by atoms with van der Waals surface area (Å²) in [5.74, 6) is -0.239. The summed E-state index contributed by atoms with van der Waals surface area (Å²) in [5.41, 5.74) is 5.52. The van der Waals surface area contributed by atoms with Crippen LogP contribution in [0.15, 0.2) is 29.2 Å². The Morgan fingerprint density at radius 1 is 1.29 bits per heavy atom. The van der Waals surface area contributed by atoms with Gasteiger partial charge in [-0.3, -0.25) is 0 Å². The predicted molar refractivity (Wildman–Crippen MR) is 69.0 cm³/mol. The Kier molecular flexibility index (Phi) is 4.45. The molecule has 1 unspecified atom stereocenters. The van der Waals surface area contributed by atoms with Crippen LogP contribution in [0.3, 0.4) is 0 Å². The van der Waals surface area contributed by atoms with Crippen LogP contribution in [0.4, 0.5) is 13.2 Å². The Morgan fingerprint density at radius 2 is 1.86 bits per heavy atom. The number of hydrogen-bond acceptors (Lipinski definition) is 4. The van der Waals surface area contributed by atoms with Gasteiger partial charge in [0.25, 0.3) is 0 Å². The van der Waals surface area contributed by atoms with Crippen LogP contribution in [-0.2, 0) is 10.0 Å². The molecule has 1 aliphatic carbocycles. The Hall–Kier alpha value is -1.32. The number of nitrogens with two attached hydrogens (primary N) is 1. The molecule has 118 valence electrons. The van der Waals surface area contributed by atoms with Gasteiger partial charge in [0.15, 0.2) is 0 Å². The average Bonchev–Trinajstić information content (AvgIpc) is 3.19. The molecular formula is C12H15F3N2O3S. The zero-order valence-corrected chi connectivity index (χ0v) is 11.7. The summed E-state index contributed by atoms with van der Waals surface area (Å²) in [5, 5.41) is 0. The highest BCUT2D eigenvalue weighted by atomic mass is 32.2. The molecule has 1 aromatic rings. The summed E-state index contributed by atoms with van der Waals surface area (Å²) in [6, 6.07) is 3.68. The van der Waals surface area contributed by atoms with E-state index in [1.807, 2.05) is 0 Å². The fourth-order valence-electron chi connectivity index (χ4n) is 1.92.